The lowest BCUT2D eigenvalue weighted by atomic mass is 10.1. The number of hydrogen-bond donors (Lipinski definition) is 1. The number of halogens is 4. The maximum absolute atomic E-state index is 6.19. The van der Waals surface area contributed by atoms with E-state index in [2.05, 4.69) is 26.2 Å². The minimum Gasteiger partial charge on any atom is -0.377 e. The van der Waals surface area contributed by atoms with Gasteiger partial charge in [-0.2, -0.15) is 0 Å². The van der Waals surface area contributed by atoms with E-state index in [1.54, 1.807) is 12.3 Å². The highest BCUT2D eigenvalue weighted by atomic mass is 79.9. The molecule has 0 spiro atoms. The van der Waals surface area contributed by atoms with Gasteiger partial charge in [-0.25, -0.2) is 4.98 Å². The Hall–Kier alpha value is -0.480. The molecule has 0 saturated heterocycles. The summed E-state index contributed by atoms with van der Waals surface area (Å²) in [7, 11) is 0. The third kappa shape index (κ3) is 3.54. The first-order valence-electron chi connectivity index (χ1n) is 5.50. The molecule has 2 rings (SSSR count). The highest BCUT2D eigenvalue weighted by Crippen LogP contribution is 2.32. The zero-order valence-corrected chi connectivity index (χ0v) is 13.8. The molecule has 1 N–H and O–H groups in total. The third-order valence-electron chi connectivity index (χ3n) is 2.63. The van der Waals surface area contributed by atoms with Gasteiger partial charge in [-0.05, 0) is 40.5 Å². The topological polar surface area (TPSA) is 24.9 Å². The van der Waals surface area contributed by atoms with Gasteiger partial charge in [0.1, 0.15) is 5.15 Å². The summed E-state index contributed by atoms with van der Waals surface area (Å²) < 4.78 is 0.739. The van der Waals surface area contributed by atoms with Crippen LogP contribution < -0.4 is 5.32 Å². The molecule has 0 bridgehead atoms. The van der Waals surface area contributed by atoms with Gasteiger partial charge in [0.05, 0.1) is 32.4 Å². The fraction of sp³-hybridized carbons (Fsp3) is 0.154. The fourth-order valence-electron chi connectivity index (χ4n) is 1.68. The molecule has 1 unspecified atom stereocenters. The molecule has 0 amide bonds. The van der Waals surface area contributed by atoms with Crippen molar-refractivity contribution in [3.8, 4) is 0 Å². The Morgan fingerprint density at radius 2 is 2.00 bits per heavy atom. The summed E-state index contributed by atoms with van der Waals surface area (Å²) >= 11 is 21.4. The largest absolute Gasteiger partial charge is 0.377 e. The number of benzene rings is 1. The molecule has 1 atom stereocenters. The van der Waals surface area contributed by atoms with E-state index in [0.717, 1.165) is 15.7 Å². The summed E-state index contributed by atoms with van der Waals surface area (Å²) in [5, 5.41) is 4.83. The molecule has 0 radical (unpaired) electrons. The minimum atomic E-state index is 0.000996. The molecule has 0 aliphatic carbocycles. The Bertz CT molecular complexity index is 604. The van der Waals surface area contributed by atoms with Crippen LogP contribution in [0.1, 0.15) is 18.5 Å². The van der Waals surface area contributed by atoms with Crippen LogP contribution in [0.25, 0.3) is 0 Å². The maximum atomic E-state index is 6.19. The molecule has 0 aliphatic heterocycles. The van der Waals surface area contributed by atoms with E-state index >= 15 is 0 Å². The number of nitrogens with zero attached hydrogens (tertiary/aromatic N) is 1. The number of aromatic nitrogens is 1. The zero-order chi connectivity index (χ0) is 14.0. The molecule has 2 nitrogen and oxygen atoms in total. The predicted octanol–water partition coefficient (Wildman–Crippen LogP) is 5.98. The van der Waals surface area contributed by atoms with Gasteiger partial charge >= 0.3 is 0 Å². The van der Waals surface area contributed by atoms with Crippen LogP contribution in [-0.4, -0.2) is 4.98 Å². The van der Waals surface area contributed by atoms with Gasteiger partial charge in [0.15, 0.2) is 0 Å². The summed E-state index contributed by atoms with van der Waals surface area (Å²) in [6, 6.07) is 7.44. The van der Waals surface area contributed by atoms with Gasteiger partial charge in [0.25, 0.3) is 0 Å². The first-order valence-corrected chi connectivity index (χ1v) is 7.43. The second-order valence-corrected chi connectivity index (χ2v) is 6.00. The standard InChI is InChI=1S/C13H10BrCl3N2/c1-7(9-3-2-4-11(15)12(9)16)19-8-5-10(14)13(17)18-6-8/h2-7,19H,1H3. The van der Waals surface area contributed by atoms with Crippen LogP contribution in [0.15, 0.2) is 34.9 Å². The van der Waals surface area contributed by atoms with E-state index < -0.39 is 0 Å². The lowest BCUT2D eigenvalue weighted by molar-refractivity contribution is 0.883. The van der Waals surface area contributed by atoms with Gasteiger partial charge in [-0.3, -0.25) is 0 Å². The van der Waals surface area contributed by atoms with E-state index in [9.17, 15) is 0 Å². The van der Waals surface area contributed by atoms with Crippen molar-refractivity contribution < 1.29 is 0 Å². The van der Waals surface area contributed by atoms with Crippen molar-refractivity contribution in [1.82, 2.24) is 4.98 Å². The molecule has 1 heterocycles. The summed E-state index contributed by atoms with van der Waals surface area (Å²) in [5.74, 6) is 0. The molecule has 2 aromatic rings. The average Bonchev–Trinajstić information content (AvgIpc) is 2.37. The minimum absolute atomic E-state index is 0.000996. The van der Waals surface area contributed by atoms with Crippen molar-refractivity contribution in [2.45, 2.75) is 13.0 Å². The zero-order valence-electron chi connectivity index (χ0n) is 9.92. The fourth-order valence-corrected chi connectivity index (χ4v) is 2.61. The molecule has 19 heavy (non-hydrogen) atoms. The smallest absolute Gasteiger partial charge is 0.143 e. The number of anilines is 1. The van der Waals surface area contributed by atoms with Gasteiger partial charge < -0.3 is 5.32 Å². The third-order valence-corrected chi connectivity index (χ3v) is 4.59. The molecule has 1 aromatic carbocycles. The average molecular weight is 381 g/mol. The van der Waals surface area contributed by atoms with Crippen LogP contribution in [0.5, 0.6) is 0 Å². The molecular weight excluding hydrogens is 370 g/mol. The first-order chi connectivity index (χ1) is 8.99. The quantitative estimate of drug-likeness (QED) is 0.663. The molecule has 0 saturated carbocycles. The maximum Gasteiger partial charge on any atom is 0.143 e. The summed E-state index contributed by atoms with van der Waals surface area (Å²) in [6.07, 6.45) is 1.67. The van der Waals surface area contributed by atoms with Crippen molar-refractivity contribution in [1.29, 1.82) is 0 Å². The van der Waals surface area contributed by atoms with Crippen LogP contribution in [-0.2, 0) is 0 Å². The number of nitrogens with one attached hydrogen (secondary N) is 1. The van der Waals surface area contributed by atoms with E-state index in [0.29, 0.717) is 15.2 Å². The second kappa shape index (κ2) is 6.31. The van der Waals surface area contributed by atoms with Gasteiger partial charge in [-0.15, -0.1) is 0 Å². The van der Waals surface area contributed by atoms with Gasteiger partial charge in [0.2, 0.25) is 0 Å². The molecular formula is C13H10BrCl3N2. The first kappa shape index (κ1) is 14.9. The Kier molecular flexibility index (Phi) is 4.96. The van der Waals surface area contributed by atoms with E-state index in [1.165, 1.54) is 0 Å². The molecule has 6 heteroatoms. The summed E-state index contributed by atoms with van der Waals surface area (Å²) in [6.45, 7) is 2.00. The SMILES string of the molecule is CC(Nc1cnc(Cl)c(Br)c1)c1cccc(Cl)c1Cl. The van der Waals surface area contributed by atoms with Crippen LogP contribution in [0.3, 0.4) is 0 Å². The lowest BCUT2D eigenvalue weighted by Crippen LogP contribution is -2.07. The second-order valence-electron chi connectivity index (χ2n) is 4.01. The predicted molar refractivity (Wildman–Crippen MR) is 85.4 cm³/mol. The van der Waals surface area contributed by atoms with Crippen molar-refractivity contribution in [2.24, 2.45) is 0 Å². The number of hydrogen-bond acceptors (Lipinski definition) is 2. The molecule has 0 aliphatic rings. The van der Waals surface area contributed by atoms with Crippen molar-refractivity contribution >= 4 is 56.4 Å². The Morgan fingerprint density at radius 1 is 1.26 bits per heavy atom. The molecule has 0 fully saturated rings. The van der Waals surface area contributed by atoms with Crippen LogP contribution >= 0.6 is 50.7 Å². The normalized spacial score (nSPS) is 12.3. The summed E-state index contributed by atoms with van der Waals surface area (Å²) in [4.78, 5) is 4.06. The number of pyridine rings is 1. The highest BCUT2D eigenvalue weighted by molar-refractivity contribution is 9.10. The molecule has 100 valence electrons. The highest BCUT2D eigenvalue weighted by Gasteiger charge is 2.12. The van der Waals surface area contributed by atoms with E-state index in [-0.39, 0.29) is 6.04 Å². The monoisotopic (exact) mass is 378 g/mol. The Balaban J connectivity index is 2.23. The van der Waals surface area contributed by atoms with E-state index in [4.69, 9.17) is 34.8 Å². The van der Waals surface area contributed by atoms with Gasteiger partial charge in [0, 0.05) is 0 Å². The van der Waals surface area contributed by atoms with Crippen LogP contribution in [0, 0.1) is 0 Å². The summed E-state index contributed by atoms with van der Waals surface area (Å²) in [5.41, 5.74) is 1.78. The van der Waals surface area contributed by atoms with Gasteiger partial charge in [-0.1, -0.05) is 46.9 Å². The molecule has 1 aromatic heterocycles. The van der Waals surface area contributed by atoms with Crippen LogP contribution in [0.4, 0.5) is 5.69 Å². The van der Waals surface area contributed by atoms with Crippen molar-refractivity contribution in [3.63, 3.8) is 0 Å². The van der Waals surface area contributed by atoms with Crippen molar-refractivity contribution in [2.75, 3.05) is 5.32 Å². The Labute approximate surface area is 135 Å². The number of rotatable bonds is 3. The van der Waals surface area contributed by atoms with Crippen molar-refractivity contribution in [3.05, 3.63) is 55.7 Å². The van der Waals surface area contributed by atoms with E-state index in [1.807, 2.05) is 25.1 Å². The van der Waals surface area contributed by atoms with Crippen LogP contribution in [0.2, 0.25) is 15.2 Å². The lowest BCUT2D eigenvalue weighted by Gasteiger charge is -2.17. The Morgan fingerprint density at radius 3 is 2.68 bits per heavy atom.